The summed E-state index contributed by atoms with van der Waals surface area (Å²) in [7, 11) is 0. The van der Waals surface area contributed by atoms with Gasteiger partial charge in [0.1, 0.15) is 5.75 Å². The second-order valence-electron chi connectivity index (χ2n) is 4.57. The van der Waals surface area contributed by atoms with Crippen LogP contribution in [-0.2, 0) is 0 Å². The van der Waals surface area contributed by atoms with Gasteiger partial charge in [-0.05, 0) is 29.8 Å². The molecule has 3 rings (SSSR count). The highest BCUT2D eigenvalue weighted by molar-refractivity contribution is 9.10. The van der Waals surface area contributed by atoms with E-state index in [1.54, 1.807) is 17.8 Å². The van der Waals surface area contributed by atoms with E-state index in [-0.39, 0.29) is 23.5 Å². The van der Waals surface area contributed by atoms with Crippen LogP contribution in [0.4, 0.5) is 0 Å². The van der Waals surface area contributed by atoms with Gasteiger partial charge in [-0.15, -0.1) is 11.8 Å². The van der Waals surface area contributed by atoms with Crippen molar-refractivity contribution in [3.63, 3.8) is 0 Å². The molecule has 98 valence electrons. The number of hydrogen-bond donors (Lipinski definition) is 2. The maximum absolute atomic E-state index is 10.1. The predicted octanol–water partition coefficient (Wildman–Crippen LogP) is 4.08. The molecule has 2 unspecified atom stereocenters. The topological polar surface area (TPSA) is 40.5 Å². The Bertz CT molecular complexity index is 615. The van der Waals surface area contributed by atoms with Gasteiger partial charge in [-0.25, -0.2) is 0 Å². The second-order valence-corrected chi connectivity index (χ2v) is 6.67. The number of aliphatic hydroxyl groups is 1. The van der Waals surface area contributed by atoms with E-state index in [0.29, 0.717) is 0 Å². The molecule has 2 aromatic rings. The highest BCUT2D eigenvalue weighted by Gasteiger charge is 2.35. The quantitative estimate of drug-likeness (QED) is 0.868. The number of halogens is 1. The Balaban J connectivity index is 2.05. The van der Waals surface area contributed by atoms with Gasteiger partial charge in [0.25, 0.3) is 0 Å². The van der Waals surface area contributed by atoms with Crippen LogP contribution in [0.15, 0.2) is 51.8 Å². The Hall–Kier alpha value is -0.970. The van der Waals surface area contributed by atoms with Crippen LogP contribution in [-0.4, -0.2) is 16.8 Å². The van der Waals surface area contributed by atoms with Gasteiger partial charge in [0.2, 0.25) is 0 Å². The lowest BCUT2D eigenvalue weighted by Crippen LogP contribution is -2.08. The molecule has 1 aliphatic rings. The van der Waals surface area contributed by atoms with E-state index < -0.39 is 0 Å². The van der Waals surface area contributed by atoms with E-state index in [9.17, 15) is 10.2 Å². The normalized spacial score (nSPS) is 21.4. The van der Waals surface area contributed by atoms with Crippen molar-refractivity contribution in [3.8, 4) is 5.75 Å². The molecule has 0 amide bonds. The molecule has 4 heteroatoms. The molecule has 2 atom stereocenters. The van der Waals surface area contributed by atoms with E-state index in [4.69, 9.17) is 0 Å². The molecule has 0 bridgehead atoms. The standard InChI is InChI=1S/C15H13BrO2S/c16-9-5-6-13(18)11(7-9)15-12(8-17)10-3-1-2-4-14(10)19-15/h1-7,12,15,17-18H,8H2. The third-order valence-corrected chi connectivity index (χ3v) is 5.39. The Kier molecular flexibility index (Phi) is 3.56. The average molecular weight is 337 g/mol. The van der Waals surface area contributed by atoms with Crippen LogP contribution in [0.1, 0.15) is 22.3 Å². The average Bonchev–Trinajstić information content (AvgIpc) is 2.79. The number of thioether (sulfide) groups is 1. The maximum Gasteiger partial charge on any atom is 0.120 e. The van der Waals surface area contributed by atoms with Crippen LogP contribution in [0, 0.1) is 0 Å². The molecule has 0 radical (unpaired) electrons. The number of phenols is 1. The van der Waals surface area contributed by atoms with Crippen molar-refractivity contribution in [2.24, 2.45) is 0 Å². The summed E-state index contributed by atoms with van der Waals surface area (Å²) in [5.74, 6) is 0.313. The summed E-state index contributed by atoms with van der Waals surface area (Å²) in [6.45, 7) is 0.0840. The Morgan fingerprint density at radius 3 is 2.68 bits per heavy atom. The summed E-state index contributed by atoms with van der Waals surface area (Å²) in [6, 6.07) is 13.6. The number of hydrogen-bond acceptors (Lipinski definition) is 3. The molecule has 2 N–H and O–H groups in total. The summed E-state index contributed by atoms with van der Waals surface area (Å²) in [5, 5.41) is 19.8. The van der Waals surface area contributed by atoms with Gasteiger partial charge in [-0.3, -0.25) is 0 Å². The largest absolute Gasteiger partial charge is 0.508 e. The smallest absolute Gasteiger partial charge is 0.120 e. The van der Waals surface area contributed by atoms with E-state index >= 15 is 0 Å². The molecular formula is C15H13BrO2S. The second kappa shape index (κ2) is 5.19. The van der Waals surface area contributed by atoms with Crippen molar-refractivity contribution >= 4 is 27.7 Å². The third-order valence-electron chi connectivity index (χ3n) is 3.43. The van der Waals surface area contributed by atoms with Crippen LogP contribution in [0.5, 0.6) is 5.75 Å². The predicted molar refractivity (Wildman–Crippen MR) is 80.7 cm³/mol. The molecule has 19 heavy (non-hydrogen) atoms. The summed E-state index contributed by atoms with van der Waals surface area (Å²) in [6.07, 6.45) is 0. The van der Waals surface area contributed by atoms with Crippen molar-refractivity contribution in [1.82, 2.24) is 0 Å². The monoisotopic (exact) mass is 336 g/mol. The van der Waals surface area contributed by atoms with Crippen LogP contribution < -0.4 is 0 Å². The number of fused-ring (bicyclic) bond motifs is 1. The fourth-order valence-electron chi connectivity index (χ4n) is 2.50. The zero-order valence-corrected chi connectivity index (χ0v) is 12.5. The minimum absolute atomic E-state index is 0.0291. The van der Waals surface area contributed by atoms with Crippen LogP contribution >= 0.6 is 27.7 Å². The first-order valence-electron chi connectivity index (χ1n) is 6.05. The van der Waals surface area contributed by atoms with Gasteiger partial charge in [-0.1, -0.05) is 34.1 Å². The summed E-state index contributed by atoms with van der Waals surface area (Å²) in [5.41, 5.74) is 2.04. The van der Waals surface area contributed by atoms with Crippen molar-refractivity contribution < 1.29 is 10.2 Å². The Morgan fingerprint density at radius 1 is 1.11 bits per heavy atom. The van der Waals surface area contributed by atoms with Crippen LogP contribution in [0.25, 0.3) is 0 Å². The van der Waals surface area contributed by atoms with E-state index in [1.807, 2.05) is 24.3 Å². The summed E-state index contributed by atoms with van der Waals surface area (Å²) < 4.78 is 0.938. The van der Waals surface area contributed by atoms with Crippen molar-refractivity contribution in [1.29, 1.82) is 0 Å². The Morgan fingerprint density at radius 2 is 1.89 bits per heavy atom. The van der Waals surface area contributed by atoms with Gasteiger partial charge < -0.3 is 10.2 Å². The zero-order chi connectivity index (χ0) is 13.4. The SMILES string of the molecule is OCC1c2ccccc2SC1c1cc(Br)ccc1O. The lowest BCUT2D eigenvalue weighted by Gasteiger charge is -2.19. The molecule has 0 saturated heterocycles. The molecule has 2 nitrogen and oxygen atoms in total. The van der Waals surface area contributed by atoms with Gasteiger partial charge in [0, 0.05) is 26.1 Å². The van der Waals surface area contributed by atoms with Gasteiger partial charge in [-0.2, -0.15) is 0 Å². The number of aromatic hydroxyl groups is 1. The maximum atomic E-state index is 10.1. The fraction of sp³-hybridized carbons (Fsp3) is 0.200. The molecular weight excluding hydrogens is 324 g/mol. The molecule has 1 heterocycles. The number of phenolic OH excluding ortho intramolecular Hbond substituents is 1. The van der Waals surface area contributed by atoms with Crippen molar-refractivity contribution in [3.05, 3.63) is 58.1 Å². The molecule has 0 spiro atoms. The highest BCUT2D eigenvalue weighted by atomic mass is 79.9. The number of aliphatic hydroxyl groups excluding tert-OH is 1. The number of benzene rings is 2. The minimum Gasteiger partial charge on any atom is -0.508 e. The van der Waals surface area contributed by atoms with E-state index in [1.165, 1.54) is 10.5 Å². The highest BCUT2D eigenvalue weighted by Crippen LogP contribution is 2.55. The van der Waals surface area contributed by atoms with Crippen LogP contribution in [0.2, 0.25) is 0 Å². The molecule has 2 aromatic carbocycles. The number of rotatable bonds is 2. The lowest BCUT2D eigenvalue weighted by molar-refractivity contribution is 0.263. The first-order valence-corrected chi connectivity index (χ1v) is 7.73. The van der Waals surface area contributed by atoms with Crippen molar-refractivity contribution in [2.75, 3.05) is 6.61 Å². The van der Waals surface area contributed by atoms with Crippen molar-refractivity contribution in [2.45, 2.75) is 16.1 Å². The van der Waals surface area contributed by atoms with Gasteiger partial charge in [0.15, 0.2) is 0 Å². The van der Waals surface area contributed by atoms with E-state index in [0.717, 1.165) is 10.0 Å². The molecule has 0 fully saturated rings. The fourth-order valence-corrected chi connectivity index (χ4v) is 4.38. The first kappa shape index (κ1) is 13.0. The lowest BCUT2D eigenvalue weighted by atomic mass is 9.92. The summed E-state index contributed by atoms with van der Waals surface area (Å²) in [4.78, 5) is 1.19. The Labute approximate surface area is 124 Å². The van der Waals surface area contributed by atoms with Gasteiger partial charge >= 0.3 is 0 Å². The minimum atomic E-state index is 0.0291. The molecule has 0 aliphatic carbocycles. The summed E-state index contributed by atoms with van der Waals surface area (Å²) >= 11 is 5.14. The van der Waals surface area contributed by atoms with Gasteiger partial charge in [0.05, 0.1) is 6.61 Å². The molecule has 1 aliphatic heterocycles. The molecule has 0 aromatic heterocycles. The van der Waals surface area contributed by atoms with E-state index in [2.05, 4.69) is 28.1 Å². The third kappa shape index (κ3) is 2.29. The molecule has 0 saturated carbocycles. The zero-order valence-electron chi connectivity index (χ0n) is 10.1. The first-order chi connectivity index (χ1) is 9.20. The van der Waals surface area contributed by atoms with Crippen LogP contribution in [0.3, 0.4) is 0 Å².